The average Bonchev–Trinajstić information content (AvgIpc) is 3.28. The van der Waals surface area contributed by atoms with Crippen LogP contribution in [-0.4, -0.2) is 33.0 Å². The third kappa shape index (κ3) is 2.92. The number of amides is 2. The lowest BCUT2D eigenvalue weighted by Gasteiger charge is -2.17. The Labute approximate surface area is 150 Å². The van der Waals surface area contributed by atoms with Gasteiger partial charge in [-0.3, -0.25) is 14.0 Å². The molecule has 2 aromatic heterocycles. The van der Waals surface area contributed by atoms with Crippen LogP contribution in [0.2, 0.25) is 0 Å². The minimum atomic E-state index is -0.308. The molecule has 7 heteroatoms. The van der Waals surface area contributed by atoms with E-state index in [1.54, 1.807) is 23.1 Å². The second-order valence-corrected chi connectivity index (χ2v) is 6.38. The van der Waals surface area contributed by atoms with Gasteiger partial charge in [0.05, 0.1) is 6.04 Å². The molecule has 7 nitrogen and oxygen atoms in total. The summed E-state index contributed by atoms with van der Waals surface area (Å²) < 4.78 is 1.85. The van der Waals surface area contributed by atoms with E-state index in [2.05, 4.69) is 15.5 Å². The fraction of sp³-hybridized carbons (Fsp3) is 0.263. The number of hydrogen-bond acceptors (Lipinski definition) is 4. The zero-order valence-electron chi connectivity index (χ0n) is 14.4. The minimum absolute atomic E-state index is 0.103. The van der Waals surface area contributed by atoms with Gasteiger partial charge in [0.15, 0.2) is 11.5 Å². The molecule has 1 aliphatic heterocycles. The fourth-order valence-corrected chi connectivity index (χ4v) is 3.24. The van der Waals surface area contributed by atoms with Crippen molar-refractivity contribution in [2.24, 2.45) is 0 Å². The van der Waals surface area contributed by atoms with Gasteiger partial charge < -0.3 is 10.2 Å². The Morgan fingerprint density at radius 2 is 2.08 bits per heavy atom. The summed E-state index contributed by atoms with van der Waals surface area (Å²) >= 11 is 0. The van der Waals surface area contributed by atoms with Crippen LogP contribution < -0.4 is 10.2 Å². The predicted octanol–water partition coefficient (Wildman–Crippen LogP) is 2.35. The normalized spacial score (nSPS) is 15.4. The molecule has 132 valence electrons. The summed E-state index contributed by atoms with van der Waals surface area (Å²) in [4.78, 5) is 26.3. The summed E-state index contributed by atoms with van der Waals surface area (Å²) in [7, 11) is 0. The zero-order chi connectivity index (χ0) is 18.1. The van der Waals surface area contributed by atoms with Crippen LogP contribution >= 0.6 is 0 Å². The number of carbonyl (C=O) groups is 2. The summed E-state index contributed by atoms with van der Waals surface area (Å²) in [6.07, 6.45) is 3.28. The first-order valence-corrected chi connectivity index (χ1v) is 8.64. The quantitative estimate of drug-likeness (QED) is 0.784. The molecular weight excluding hydrogens is 330 g/mol. The summed E-state index contributed by atoms with van der Waals surface area (Å²) in [6.45, 7) is 2.57. The van der Waals surface area contributed by atoms with Crippen LogP contribution in [0.5, 0.6) is 0 Å². The molecule has 4 rings (SSSR count). The van der Waals surface area contributed by atoms with Crippen molar-refractivity contribution in [1.29, 1.82) is 0 Å². The van der Waals surface area contributed by atoms with Gasteiger partial charge in [0.2, 0.25) is 5.91 Å². The van der Waals surface area contributed by atoms with Crippen molar-refractivity contribution >= 4 is 23.1 Å². The number of rotatable bonds is 4. The molecule has 0 spiro atoms. The number of nitrogens with zero attached hydrogens (tertiary/aromatic N) is 4. The minimum Gasteiger partial charge on any atom is -0.342 e. The topological polar surface area (TPSA) is 79.6 Å². The van der Waals surface area contributed by atoms with E-state index < -0.39 is 0 Å². The number of anilines is 1. The van der Waals surface area contributed by atoms with E-state index in [4.69, 9.17) is 0 Å². The first-order chi connectivity index (χ1) is 12.6. The van der Waals surface area contributed by atoms with Crippen molar-refractivity contribution in [1.82, 2.24) is 19.9 Å². The standard InChI is InChI=1S/C19H19N5O2/c1-13(18-22-21-16-8-2-3-10-24(16)18)20-19(26)14-6-4-7-15(12-14)23-11-5-9-17(23)25/h2-4,6-8,10,12-13H,5,9,11H2,1H3,(H,20,26). The first kappa shape index (κ1) is 16.3. The third-order valence-electron chi connectivity index (χ3n) is 4.57. The van der Waals surface area contributed by atoms with Gasteiger partial charge in [-0.15, -0.1) is 10.2 Å². The number of aromatic nitrogens is 3. The molecule has 3 aromatic rings. The Morgan fingerprint density at radius 3 is 2.88 bits per heavy atom. The monoisotopic (exact) mass is 349 g/mol. The van der Waals surface area contributed by atoms with Crippen LogP contribution in [-0.2, 0) is 4.79 Å². The van der Waals surface area contributed by atoms with E-state index in [-0.39, 0.29) is 17.9 Å². The highest BCUT2D eigenvalue weighted by atomic mass is 16.2. The summed E-state index contributed by atoms with van der Waals surface area (Å²) in [5, 5.41) is 11.2. The highest BCUT2D eigenvalue weighted by Crippen LogP contribution is 2.22. The fourth-order valence-electron chi connectivity index (χ4n) is 3.24. The lowest BCUT2D eigenvalue weighted by atomic mass is 10.1. The molecule has 0 saturated carbocycles. The van der Waals surface area contributed by atoms with Crippen molar-refractivity contribution in [2.45, 2.75) is 25.8 Å². The van der Waals surface area contributed by atoms with Crippen LogP contribution in [0.1, 0.15) is 42.0 Å². The molecule has 0 radical (unpaired) electrons. The third-order valence-corrected chi connectivity index (χ3v) is 4.57. The molecule has 26 heavy (non-hydrogen) atoms. The van der Waals surface area contributed by atoms with Crippen molar-refractivity contribution in [3.63, 3.8) is 0 Å². The molecule has 1 N–H and O–H groups in total. The Morgan fingerprint density at radius 1 is 1.19 bits per heavy atom. The SMILES string of the molecule is CC(NC(=O)c1cccc(N2CCCC2=O)c1)c1nnc2ccccn12. The number of nitrogens with one attached hydrogen (secondary N) is 1. The Bertz CT molecular complexity index is 981. The Balaban J connectivity index is 1.54. The zero-order valence-corrected chi connectivity index (χ0v) is 14.4. The largest absolute Gasteiger partial charge is 0.342 e. The van der Waals surface area contributed by atoms with Crippen LogP contribution in [0.15, 0.2) is 48.7 Å². The van der Waals surface area contributed by atoms with Crippen molar-refractivity contribution < 1.29 is 9.59 Å². The maximum absolute atomic E-state index is 12.7. The van der Waals surface area contributed by atoms with Gasteiger partial charge in [-0.05, 0) is 43.7 Å². The van der Waals surface area contributed by atoms with E-state index in [1.807, 2.05) is 41.8 Å². The molecule has 0 bridgehead atoms. The van der Waals surface area contributed by atoms with Crippen LogP contribution in [0.25, 0.3) is 5.65 Å². The first-order valence-electron chi connectivity index (χ1n) is 8.64. The molecule has 3 heterocycles. The number of benzene rings is 1. The van der Waals surface area contributed by atoms with E-state index in [9.17, 15) is 9.59 Å². The number of fused-ring (bicyclic) bond motifs is 1. The molecule has 1 saturated heterocycles. The molecule has 1 atom stereocenters. The lowest BCUT2D eigenvalue weighted by Crippen LogP contribution is -2.29. The van der Waals surface area contributed by atoms with Gasteiger partial charge >= 0.3 is 0 Å². The van der Waals surface area contributed by atoms with Gasteiger partial charge in [0, 0.05) is 30.4 Å². The summed E-state index contributed by atoms with van der Waals surface area (Å²) in [6, 6.07) is 12.5. The van der Waals surface area contributed by atoms with Crippen LogP contribution in [0.4, 0.5) is 5.69 Å². The molecule has 1 aliphatic rings. The molecule has 2 amide bonds. The number of hydrogen-bond donors (Lipinski definition) is 1. The van der Waals surface area contributed by atoms with Gasteiger partial charge in [0.25, 0.3) is 5.91 Å². The van der Waals surface area contributed by atoms with Crippen molar-refractivity contribution in [3.05, 3.63) is 60.0 Å². The highest BCUT2D eigenvalue weighted by molar-refractivity contribution is 5.99. The summed E-state index contributed by atoms with van der Waals surface area (Å²) in [5.41, 5.74) is 2.02. The van der Waals surface area contributed by atoms with E-state index in [0.717, 1.165) is 17.8 Å². The molecular formula is C19H19N5O2. The Kier molecular flexibility index (Phi) is 4.12. The smallest absolute Gasteiger partial charge is 0.251 e. The maximum atomic E-state index is 12.7. The summed E-state index contributed by atoms with van der Waals surface area (Å²) in [5.74, 6) is 0.560. The van der Waals surface area contributed by atoms with Gasteiger partial charge in [-0.1, -0.05) is 12.1 Å². The predicted molar refractivity (Wildman–Crippen MR) is 96.9 cm³/mol. The molecule has 1 aromatic carbocycles. The van der Waals surface area contributed by atoms with Crippen LogP contribution in [0.3, 0.4) is 0 Å². The van der Waals surface area contributed by atoms with Crippen molar-refractivity contribution in [3.8, 4) is 0 Å². The molecule has 1 unspecified atom stereocenters. The van der Waals surface area contributed by atoms with E-state index in [1.165, 1.54) is 0 Å². The second-order valence-electron chi connectivity index (χ2n) is 6.38. The molecule has 0 aliphatic carbocycles. The lowest BCUT2D eigenvalue weighted by molar-refractivity contribution is -0.117. The molecule has 1 fully saturated rings. The van der Waals surface area contributed by atoms with Crippen molar-refractivity contribution in [2.75, 3.05) is 11.4 Å². The second kappa shape index (κ2) is 6.59. The number of carbonyl (C=O) groups excluding carboxylic acids is 2. The van der Waals surface area contributed by atoms with Gasteiger partial charge in [0.1, 0.15) is 0 Å². The highest BCUT2D eigenvalue weighted by Gasteiger charge is 2.23. The van der Waals surface area contributed by atoms with Gasteiger partial charge in [-0.25, -0.2) is 0 Å². The van der Waals surface area contributed by atoms with Crippen LogP contribution in [0, 0.1) is 0 Å². The number of pyridine rings is 1. The Hall–Kier alpha value is -3.22. The maximum Gasteiger partial charge on any atom is 0.251 e. The van der Waals surface area contributed by atoms with E-state index >= 15 is 0 Å². The van der Waals surface area contributed by atoms with Gasteiger partial charge in [-0.2, -0.15) is 0 Å². The van der Waals surface area contributed by atoms with E-state index in [0.29, 0.717) is 24.4 Å². The average molecular weight is 349 g/mol.